The lowest BCUT2D eigenvalue weighted by atomic mass is 10.2. The number of benzene rings is 3. The van der Waals surface area contributed by atoms with E-state index in [0.717, 1.165) is 33.9 Å². The van der Waals surface area contributed by atoms with Crippen molar-refractivity contribution in [2.24, 2.45) is 10.2 Å². The molecule has 0 radical (unpaired) electrons. The van der Waals surface area contributed by atoms with Crippen LogP contribution in [0.5, 0.6) is 0 Å². The molecule has 0 amide bonds. The molecule has 0 fully saturated rings. The summed E-state index contributed by atoms with van der Waals surface area (Å²) in [6.07, 6.45) is 5.22. The SMILES string of the molecule is CN(C)c1ccc(/C=N/n2cc[n+](/N=C/c3ccc(N(C)C)cc3)c2-c2ccccc2)cc1.O=C([O-])[O-].[H+]. The molecule has 0 atom stereocenters. The summed E-state index contributed by atoms with van der Waals surface area (Å²) in [5.41, 5.74) is 5.41. The Bertz CT molecular complexity index is 1270. The first-order chi connectivity index (χ1) is 17.7. The Balaban J connectivity index is 0.000000947. The fraction of sp³-hybridized carbons (Fsp3) is 0.143. The van der Waals surface area contributed by atoms with Gasteiger partial charge in [0.05, 0.1) is 18.0 Å². The van der Waals surface area contributed by atoms with Crippen molar-refractivity contribution in [1.29, 1.82) is 0 Å². The van der Waals surface area contributed by atoms with Crippen LogP contribution in [0.25, 0.3) is 11.4 Å². The molecule has 0 bridgehead atoms. The third kappa shape index (κ3) is 7.79. The van der Waals surface area contributed by atoms with Crippen molar-refractivity contribution in [3.8, 4) is 11.4 Å². The highest BCUT2D eigenvalue weighted by molar-refractivity contribution is 5.81. The number of nitrogens with zero attached hydrogens (tertiary/aromatic N) is 6. The molecule has 37 heavy (non-hydrogen) atoms. The molecule has 0 saturated heterocycles. The largest absolute Gasteiger partial charge is 1.00 e. The smallest absolute Gasteiger partial charge is 0.652 e. The molecule has 0 saturated carbocycles. The van der Waals surface area contributed by atoms with Gasteiger partial charge in [0.1, 0.15) is 0 Å². The van der Waals surface area contributed by atoms with Gasteiger partial charge in [-0.3, -0.25) is 0 Å². The monoisotopic (exact) mass is 498 g/mol. The summed E-state index contributed by atoms with van der Waals surface area (Å²) in [5, 5.41) is 26.1. The summed E-state index contributed by atoms with van der Waals surface area (Å²) in [7, 11) is 8.13. The number of aromatic nitrogens is 2. The second-order valence-electron chi connectivity index (χ2n) is 8.39. The van der Waals surface area contributed by atoms with Crippen LogP contribution in [-0.2, 0) is 0 Å². The van der Waals surface area contributed by atoms with Crippen LogP contribution in [0.15, 0.2) is 101 Å². The summed E-state index contributed by atoms with van der Waals surface area (Å²) in [4.78, 5) is 12.5. The number of anilines is 2. The molecule has 9 nitrogen and oxygen atoms in total. The molecular formula is C28H30N6O3. The maximum absolute atomic E-state index is 8.33. The molecule has 0 spiro atoms. The molecular weight excluding hydrogens is 468 g/mol. The lowest BCUT2D eigenvalue weighted by Crippen LogP contribution is -2.37. The Hall–Kier alpha value is -4.92. The zero-order valence-electron chi connectivity index (χ0n) is 22.2. The molecule has 1 heterocycles. The zero-order chi connectivity index (χ0) is 26.8. The predicted molar refractivity (Wildman–Crippen MR) is 144 cm³/mol. The second-order valence-corrected chi connectivity index (χ2v) is 8.39. The van der Waals surface area contributed by atoms with Gasteiger partial charge in [-0.2, -0.15) is 0 Å². The fourth-order valence-electron chi connectivity index (χ4n) is 3.39. The Kier molecular flexibility index (Phi) is 9.15. The number of rotatable bonds is 7. The third-order valence-electron chi connectivity index (χ3n) is 5.30. The van der Waals surface area contributed by atoms with Crippen LogP contribution in [0.3, 0.4) is 0 Å². The van der Waals surface area contributed by atoms with Crippen LogP contribution in [0.1, 0.15) is 12.6 Å². The van der Waals surface area contributed by atoms with Crippen molar-refractivity contribution in [3.63, 3.8) is 0 Å². The van der Waals surface area contributed by atoms with Crippen LogP contribution in [-0.4, -0.2) is 51.5 Å². The quantitative estimate of drug-likeness (QED) is 0.286. The number of carboxylic acid groups (broad SMARTS) is 2. The van der Waals surface area contributed by atoms with Crippen LogP contribution < -0.4 is 24.7 Å². The van der Waals surface area contributed by atoms with E-state index in [4.69, 9.17) is 25.2 Å². The maximum Gasteiger partial charge on any atom is 1.00 e. The van der Waals surface area contributed by atoms with E-state index < -0.39 is 6.16 Å². The van der Waals surface area contributed by atoms with E-state index in [1.165, 1.54) is 0 Å². The van der Waals surface area contributed by atoms with Crippen LogP contribution in [0, 0.1) is 0 Å². The summed E-state index contributed by atoms with van der Waals surface area (Å²) >= 11 is 0. The van der Waals surface area contributed by atoms with Gasteiger partial charge < -0.3 is 24.8 Å². The van der Waals surface area contributed by atoms with Gasteiger partial charge in [0.2, 0.25) is 0 Å². The number of carbonyl (C=O) groups excluding carboxylic acids is 1. The number of carbonyl (C=O) groups is 1. The standard InChI is InChI=1S/C27H29N6.CH2O3/c1-30(2)25-14-10-22(11-15-25)20-28-32-18-19-33(27(32)24-8-6-5-7-9-24)29-21-23-12-16-26(17-13-23)31(3)4;2-1(3)4/h5-21H,1-4H3;(H2,2,3,4)/q+1;/p-1/b28-20+,29-21+;. The van der Waals surface area contributed by atoms with Crippen molar-refractivity contribution >= 4 is 30.0 Å². The lowest BCUT2D eigenvalue weighted by Gasteiger charge is -2.11. The van der Waals surface area contributed by atoms with Crippen LogP contribution in [0.4, 0.5) is 16.2 Å². The van der Waals surface area contributed by atoms with Crippen molar-refractivity contribution < 1.29 is 21.1 Å². The van der Waals surface area contributed by atoms with Crippen molar-refractivity contribution in [3.05, 3.63) is 102 Å². The second kappa shape index (κ2) is 12.7. The summed E-state index contributed by atoms with van der Waals surface area (Å²) in [6, 6.07) is 26.8. The molecule has 1 aromatic heterocycles. The Morgan fingerprint density at radius 3 is 1.78 bits per heavy atom. The van der Waals surface area contributed by atoms with Crippen LogP contribution in [0.2, 0.25) is 0 Å². The molecule has 0 aliphatic rings. The fourth-order valence-corrected chi connectivity index (χ4v) is 3.39. The molecule has 0 aliphatic heterocycles. The van der Waals surface area contributed by atoms with E-state index in [2.05, 4.69) is 70.5 Å². The number of imidazole rings is 1. The van der Waals surface area contributed by atoms with E-state index in [0.29, 0.717) is 0 Å². The minimum atomic E-state index is -2.33. The highest BCUT2D eigenvalue weighted by Gasteiger charge is 2.19. The van der Waals surface area contributed by atoms with Gasteiger partial charge in [0, 0.05) is 39.6 Å². The lowest BCUT2D eigenvalue weighted by molar-refractivity contribution is -0.666. The molecule has 4 aromatic rings. The van der Waals surface area contributed by atoms with E-state index in [1.54, 1.807) is 0 Å². The van der Waals surface area contributed by atoms with Gasteiger partial charge in [-0.15, -0.1) is 0 Å². The molecule has 9 heteroatoms. The van der Waals surface area contributed by atoms with E-state index in [9.17, 15) is 0 Å². The average molecular weight is 499 g/mol. The van der Waals surface area contributed by atoms with E-state index >= 15 is 0 Å². The maximum atomic E-state index is 8.33. The van der Waals surface area contributed by atoms with Gasteiger partial charge in [-0.25, -0.2) is 0 Å². The normalized spacial score (nSPS) is 10.8. The van der Waals surface area contributed by atoms with Crippen molar-refractivity contribution in [2.75, 3.05) is 38.0 Å². The molecule has 0 N–H and O–H groups in total. The average Bonchev–Trinajstić information content (AvgIpc) is 3.29. The predicted octanol–water partition coefficient (Wildman–Crippen LogP) is 2.00. The first kappa shape index (κ1) is 26.7. The summed E-state index contributed by atoms with van der Waals surface area (Å²) in [5.74, 6) is 0.873. The molecule has 190 valence electrons. The number of hydrogen-bond acceptors (Lipinski definition) is 7. The van der Waals surface area contributed by atoms with Crippen LogP contribution >= 0.6 is 0 Å². The highest BCUT2D eigenvalue weighted by atomic mass is 16.6. The van der Waals surface area contributed by atoms with Gasteiger partial charge >= 0.3 is 7.25 Å². The zero-order valence-corrected chi connectivity index (χ0v) is 21.2. The molecule has 4 rings (SSSR count). The van der Waals surface area contributed by atoms with Gasteiger partial charge in [-0.05, 0) is 53.7 Å². The molecule has 0 aliphatic carbocycles. The minimum Gasteiger partial charge on any atom is -0.652 e. The van der Waals surface area contributed by atoms with Gasteiger partial charge in [0.15, 0.2) is 12.4 Å². The van der Waals surface area contributed by atoms with E-state index in [1.807, 2.05) is 80.6 Å². The van der Waals surface area contributed by atoms with E-state index in [-0.39, 0.29) is 1.43 Å². The Morgan fingerprint density at radius 2 is 1.30 bits per heavy atom. The van der Waals surface area contributed by atoms with Gasteiger partial charge in [0.25, 0.3) is 0 Å². The first-order valence-electron chi connectivity index (χ1n) is 11.4. The minimum absolute atomic E-state index is 0. The van der Waals surface area contributed by atoms with Crippen molar-refractivity contribution in [2.45, 2.75) is 0 Å². The molecule has 3 aromatic carbocycles. The summed E-state index contributed by atoms with van der Waals surface area (Å²) in [6.45, 7) is 0. The number of hydrogen-bond donors (Lipinski definition) is 0. The van der Waals surface area contributed by atoms with Gasteiger partial charge in [-0.1, -0.05) is 62.0 Å². The Morgan fingerprint density at radius 1 is 0.811 bits per heavy atom. The first-order valence-corrected chi connectivity index (χ1v) is 11.4. The summed E-state index contributed by atoms with van der Waals surface area (Å²) < 4.78 is 3.70. The topological polar surface area (TPSA) is 103 Å². The molecule has 0 unspecified atom stereocenters. The van der Waals surface area contributed by atoms with Crippen molar-refractivity contribution in [1.82, 2.24) is 4.68 Å². The Labute approximate surface area is 217 Å². The highest BCUT2D eigenvalue weighted by Crippen LogP contribution is 2.16. The third-order valence-corrected chi connectivity index (χ3v) is 5.30.